The van der Waals surface area contributed by atoms with Crippen LogP contribution in [0.3, 0.4) is 0 Å². The van der Waals surface area contributed by atoms with Crippen LogP contribution < -0.4 is 0 Å². The fourth-order valence-electron chi connectivity index (χ4n) is 6.03. The Morgan fingerprint density at radius 1 is 0.604 bits per heavy atom. The summed E-state index contributed by atoms with van der Waals surface area (Å²) in [5, 5.41) is 0. The molecule has 0 spiro atoms. The van der Waals surface area contributed by atoms with Crippen molar-refractivity contribution >= 4 is 98.4 Å². The molecule has 3 fully saturated rings. The lowest BCUT2D eigenvalue weighted by molar-refractivity contribution is -0.342. The summed E-state index contributed by atoms with van der Waals surface area (Å²) < 4.78 is 108. The second-order valence-corrected chi connectivity index (χ2v) is 16.1. The van der Waals surface area contributed by atoms with E-state index in [-0.39, 0.29) is 46.6 Å². The largest absolute Gasteiger partial charge is 0.363 e. The number of hydrogen-bond donors (Lipinski definition) is 0. The second kappa shape index (κ2) is 26.6. The van der Waals surface area contributed by atoms with Gasteiger partial charge in [0.25, 0.3) is 0 Å². The Kier molecular flexibility index (Phi) is 25.1. The van der Waals surface area contributed by atoms with E-state index in [0.29, 0.717) is 6.42 Å². The summed E-state index contributed by atoms with van der Waals surface area (Å²) in [6.07, 6.45) is -7.48. The highest BCUT2D eigenvalue weighted by Crippen LogP contribution is 2.42. The van der Waals surface area contributed by atoms with E-state index in [1.807, 2.05) is 13.0 Å². The SMILES string of the molecule is CC(=O)C(C)C/C=C/COC1OC(COP)[C@H](O[C@@H]2OC(COP)[C@H](O[C@@H]3OC(COP)[C@H](OP)[C@H](OP)C3P=O)[C@H](OP)C2P=O)[C@H](OP)C1OP. The number of allylic oxidation sites excluding steroid dienone is 1. The molecule has 3 aliphatic heterocycles. The van der Waals surface area contributed by atoms with Gasteiger partial charge in [-0.3, -0.25) is 13.9 Å². The predicted octanol–water partition coefficient (Wildman–Crippen LogP) is 3.74. The van der Waals surface area contributed by atoms with Gasteiger partial charge in [0.05, 0.1) is 26.4 Å². The molecular weight excluding hydrogens is 894 g/mol. The predicted molar refractivity (Wildman–Crippen MR) is 218 cm³/mol. The lowest BCUT2D eigenvalue weighted by atomic mass is 9.97. The first-order valence-corrected chi connectivity index (χ1v) is 21.6. The molecule has 27 heteroatoms. The average molecular weight is 944 g/mol. The zero-order chi connectivity index (χ0) is 39.1. The zero-order valence-electron chi connectivity index (χ0n) is 28.9. The lowest BCUT2D eigenvalue weighted by Gasteiger charge is -2.49. The molecule has 0 amide bonds. The van der Waals surface area contributed by atoms with E-state index in [1.165, 1.54) is 0 Å². The Labute approximate surface area is 331 Å². The van der Waals surface area contributed by atoms with Gasteiger partial charge in [0.15, 0.2) is 35.8 Å². The third-order valence-electron chi connectivity index (χ3n) is 8.92. The van der Waals surface area contributed by atoms with Gasteiger partial charge in [-0.05, 0) is 13.3 Å². The minimum Gasteiger partial charge on any atom is -0.363 e. The number of ketones is 1. The van der Waals surface area contributed by atoms with Crippen LogP contribution >= 0.6 is 92.7 Å². The van der Waals surface area contributed by atoms with Gasteiger partial charge in [0.2, 0.25) is 0 Å². The van der Waals surface area contributed by atoms with E-state index in [1.54, 1.807) is 13.0 Å². The molecule has 16 unspecified atom stereocenters. The Balaban J connectivity index is 1.87. The van der Waals surface area contributed by atoms with Gasteiger partial charge in [-0.2, -0.15) is 0 Å². The fourth-order valence-corrected chi connectivity index (χ4v) is 9.63. The Hall–Kier alpha value is 2.49. The van der Waals surface area contributed by atoms with Gasteiger partial charge < -0.3 is 64.6 Å². The summed E-state index contributed by atoms with van der Waals surface area (Å²) in [6, 6.07) is 0. The van der Waals surface area contributed by atoms with Crippen LogP contribution in [0.4, 0.5) is 0 Å². The lowest BCUT2D eigenvalue weighted by Crippen LogP contribution is -2.65. The van der Waals surface area contributed by atoms with Crippen LogP contribution in [-0.4, -0.2) is 123 Å². The van der Waals surface area contributed by atoms with E-state index in [0.717, 1.165) is 0 Å². The second-order valence-electron chi connectivity index (χ2n) is 12.1. The molecule has 24 atom stereocenters. The topological polar surface area (TPSA) is 180 Å². The van der Waals surface area contributed by atoms with Gasteiger partial charge in [-0.1, -0.05) is 19.1 Å². The molecule has 0 radical (unpaired) electrons. The average Bonchev–Trinajstić information content (AvgIpc) is 3.15. The number of carbonyl (C=O) groups is 1. The number of carbonyl (C=O) groups excluding carboxylic acids is 1. The first kappa shape index (κ1) is 49.8. The summed E-state index contributed by atoms with van der Waals surface area (Å²) in [6.45, 7) is 3.61. The molecule has 0 aliphatic carbocycles. The zero-order valence-corrected chi connectivity index (χ0v) is 39.9. The molecule has 0 saturated carbocycles. The van der Waals surface area contributed by atoms with Crippen LogP contribution in [0.2, 0.25) is 0 Å². The summed E-state index contributed by atoms with van der Waals surface area (Å²) >= 11 is 0. The normalized spacial score (nSPS) is 38.8. The van der Waals surface area contributed by atoms with E-state index >= 15 is 0 Å². The summed E-state index contributed by atoms with van der Waals surface area (Å²) in [5.41, 5.74) is -1.87. The van der Waals surface area contributed by atoms with Gasteiger partial charge >= 0.3 is 0 Å². The third-order valence-corrected chi connectivity index (χ3v) is 12.6. The van der Waals surface area contributed by atoms with Crippen molar-refractivity contribution in [1.82, 2.24) is 0 Å². The van der Waals surface area contributed by atoms with Crippen molar-refractivity contribution in [3.63, 3.8) is 0 Å². The minimum absolute atomic E-state index is 0.0189. The van der Waals surface area contributed by atoms with Crippen LogP contribution in [0.15, 0.2) is 12.2 Å². The molecule has 0 aromatic heterocycles. The molecule has 3 saturated heterocycles. The maximum absolute atomic E-state index is 12.9. The number of rotatable bonds is 23. The molecule has 3 heterocycles. The molecule has 53 heavy (non-hydrogen) atoms. The summed E-state index contributed by atoms with van der Waals surface area (Å²) in [4.78, 5) is 11.6. The van der Waals surface area contributed by atoms with Gasteiger partial charge in [0.1, 0.15) is 78.1 Å². The molecule has 0 bridgehead atoms. The highest BCUT2D eigenvalue weighted by Gasteiger charge is 2.56. The smallest absolute Gasteiger partial charge is 0.187 e. The summed E-state index contributed by atoms with van der Waals surface area (Å²) in [5.74, 6) is -0.00851. The number of ether oxygens (including phenoxy) is 6. The highest BCUT2D eigenvalue weighted by atomic mass is 31.1. The number of Topliss-reactive ketones (excluding diaryl/α,β-unsaturated/α-hetero) is 1. The van der Waals surface area contributed by atoms with Crippen LogP contribution in [0.1, 0.15) is 20.3 Å². The van der Waals surface area contributed by atoms with Crippen molar-refractivity contribution in [2.24, 2.45) is 5.92 Å². The quantitative estimate of drug-likeness (QED) is 0.107. The Bertz CT molecular complexity index is 1140. The van der Waals surface area contributed by atoms with Crippen molar-refractivity contribution in [3.05, 3.63) is 12.2 Å². The van der Waals surface area contributed by atoms with Gasteiger partial charge in [-0.15, -0.1) is 0 Å². The van der Waals surface area contributed by atoms with Gasteiger partial charge in [-0.25, -0.2) is 0 Å². The molecular formula is C26H50O17P10. The molecule has 0 N–H and O–H groups in total. The van der Waals surface area contributed by atoms with Crippen LogP contribution in [-0.2, 0) is 78.5 Å². The standard InChI is InChI=1S/C26H50O17P10/c1-10(11(2)27)5-3-4-6-30-24-21(43-51)18(40-48)15(12(34-24)7-31-44)37-25-22(52-28)19(41-49)16(13(35-25)8-32-45)38-26-23(53-29)20(42-50)17(39-47)14(36-26)9-33-46/h3-4,10,12-26H,5-9,44-51H2,1-2H3/b4-3+/t10?,12?,13?,14?,15-,16-,17-,18-,19-,20-,21?,22?,23?,24?,25-,26-/m0/s1. The van der Waals surface area contributed by atoms with Crippen LogP contribution in [0.5, 0.6) is 0 Å². The molecule has 0 aromatic rings. The van der Waals surface area contributed by atoms with E-state index in [9.17, 15) is 13.9 Å². The Morgan fingerprint density at radius 3 is 1.43 bits per heavy atom. The molecule has 3 rings (SSSR count). The van der Waals surface area contributed by atoms with Gasteiger partial charge in [0, 0.05) is 81.7 Å². The first-order valence-electron chi connectivity index (χ1n) is 16.0. The molecule has 17 nitrogen and oxygen atoms in total. The molecule has 3 aliphatic rings. The maximum atomic E-state index is 12.9. The van der Waals surface area contributed by atoms with Crippen molar-refractivity contribution in [3.8, 4) is 0 Å². The van der Waals surface area contributed by atoms with E-state index in [4.69, 9.17) is 64.6 Å². The van der Waals surface area contributed by atoms with Crippen LogP contribution in [0.25, 0.3) is 0 Å². The van der Waals surface area contributed by atoms with Crippen molar-refractivity contribution in [2.45, 2.75) is 111 Å². The van der Waals surface area contributed by atoms with E-state index in [2.05, 4.69) is 75.7 Å². The minimum atomic E-state index is -1.21. The maximum Gasteiger partial charge on any atom is 0.187 e. The summed E-state index contributed by atoms with van der Waals surface area (Å²) in [7, 11) is 16.6. The highest BCUT2D eigenvalue weighted by molar-refractivity contribution is 7.25. The first-order chi connectivity index (χ1) is 25.6. The van der Waals surface area contributed by atoms with Crippen molar-refractivity contribution in [2.75, 3.05) is 26.4 Å². The monoisotopic (exact) mass is 944 g/mol. The van der Waals surface area contributed by atoms with Crippen molar-refractivity contribution in [1.29, 1.82) is 0 Å². The van der Waals surface area contributed by atoms with E-state index < -0.39 is 99.7 Å². The van der Waals surface area contributed by atoms with Crippen molar-refractivity contribution < 1.29 is 78.5 Å². The molecule has 0 aromatic carbocycles. The number of hydrogen-bond acceptors (Lipinski definition) is 17. The third kappa shape index (κ3) is 13.5. The fraction of sp³-hybridized carbons (Fsp3) is 0.885. The Morgan fingerprint density at radius 2 is 1.02 bits per heavy atom. The van der Waals surface area contributed by atoms with Crippen LogP contribution in [0, 0.1) is 5.92 Å². The molecule has 306 valence electrons.